The highest BCUT2D eigenvalue weighted by Gasteiger charge is 2.20. The van der Waals surface area contributed by atoms with Crippen molar-refractivity contribution in [2.24, 2.45) is 0 Å². The zero-order chi connectivity index (χ0) is 17.7. The summed E-state index contributed by atoms with van der Waals surface area (Å²) < 4.78 is 0. The molecule has 2 amide bonds. The van der Waals surface area contributed by atoms with Crippen molar-refractivity contribution in [1.29, 1.82) is 0 Å². The predicted molar refractivity (Wildman–Crippen MR) is 91.4 cm³/mol. The van der Waals surface area contributed by atoms with Gasteiger partial charge in [-0.3, -0.25) is 9.59 Å². The molecule has 0 spiro atoms. The average molecular weight is 348 g/mol. The largest absolute Gasteiger partial charge is 0.505 e. The number of carbonyl (C=O) groups excluding carboxylic acids is 2. The molecule has 0 fully saturated rings. The van der Waals surface area contributed by atoms with E-state index in [-0.39, 0.29) is 35.9 Å². The lowest BCUT2D eigenvalue weighted by atomic mass is 9.98. The quantitative estimate of drug-likeness (QED) is 0.714. The third-order valence-electron chi connectivity index (χ3n) is 3.08. The number of nitrogens with zero attached hydrogens (tertiary/aromatic N) is 2. The molecule has 8 heteroatoms. The summed E-state index contributed by atoms with van der Waals surface area (Å²) in [4.78, 5) is 32.0. The van der Waals surface area contributed by atoms with E-state index in [4.69, 9.17) is 0 Å². The first-order valence-corrected chi connectivity index (χ1v) is 8.33. The fraction of sp³-hybridized carbons (Fsp3) is 0.375. The van der Waals surface area contributed by atoms with E-state index in [0.29, 0.717) is 5.69 Å². The van der Waals surface area contributed by atoms with E-state index < -0.39 is 5.91 Å². The molecule has 0 bridgehead atoms. The molecule has 3 N–H and O–H groups in total. The Hall–Kier alpha value is -2.48. The number of carbonyl (C=O) groups is 2. The van der Waals surface area contributed by atoms with Gasteiger partial charge in [-0.1, -0.05) is 20.8 Å². The summed E-state index contributed by atoms with van der Waals surface area (Å²) in [5, 5.41) is 17.4. The maximum atomic E-state index is 12.0. The van der Waals surface area contributed by atoms with Crippen molar-refractivity contribution < 1.29 is 14.7 Å². The van der Waals surface area contributed by atoms with Gasteiger partial charge in [0.15, 0.2) is 5.69 Å². The number of thiazole rings is 1. The van der Waals surface area contributed by atoms with Crippen LogP contribution in [0.3, 0.4) is 0 Å². The van der Waals surface area contributed by atoms with E-state index in [0.717, 1.165) is 5.01 Å². The SMILES string of the molecule is CC(C)(C)c1nc(C(=O)NCCNC(=O)c2ncccc2O)cs1. The van der Waals surface area contributed by atoms with Crippen LogP contribution in [0.25, 0.3) is 0 Å². The molecular formula is C16H20N4O3S. The van der Waals surface area contributed by atoms with E-state index in [1.54, 1.807) is 5.38 Å². The lowest BCUT2D eigenvalue weighted by Crippen LogP contribution is -2.35. The third kappa shape index (κ3) is 4.51. The monoisotopic (exact) mass is 348 g/mol. The van der Waals surface area contributed by atoms with Crippen molar-refractivity contribution in [3.05, 3.63) is 40.1 Å². The van der Waals surface area contributed by atoms with Gasteiger partial charge in [-0.25, -0.2) is 9.97 Å². The second-order valence-corrected chi connectivity index (χ2v) is 7.03. The van der Waals surface area contributed by atoms with Crippen LogP contribution in [-0.2, 0) is 5.41 Å². The standard InChI is InChI=1S/C16H20N4O3S/c1-16(2,3)15-20-10(9-24-15)13(22)18-7-8-19-14(23)12-11(21)5-4-6-17-12/h4-6,9,21H,7-8H2,1-3H3,(H,18,22)(H,19,23). The minimum atomic E-state index is -0.494. The molecule has 0 unspecified atom stereocenters. The Balaban J connectivity index is 1.80. The second kappa shape index (κ2) is 7.39. The van der Waals surface area contributed by atoms with Crippen molar-refractivity contribution in [3.8, 4) is 5.75 Å². The van der Waals surface area contributed by atoms with Gasteiger partial charge in [-0.15, -0.1) is 11.3 Å². The molecule has 0 aliphatic carbocycles. The highest BCUT2D eigenvalue weighted by molar-refractivity contribution is 7.10. The number of hydrogen-bond donors (Lipinski definition) is 3. The van der Waals surface area contributed by atoms with Crippen LogP contribution in [-0.4, -0.2) is 40.0 Å². The molecular weight excluding hydrogens is 328 g/mol. The smallest absolute Gasteiger partial charge is 0.273 e. The summed E-state index contributed by atoms with van der Waals surface area (Å²) in [7, 11) is 0. The fourth-order valence-electron chi connectivity index (χ4n) is 1.82. The number of hydrogen-bond acceptors (Lipinski definition) is 6. The first-order chi connectivity index (χ1) is 11.3. The first-order valence-electron chi connectivity index (χ1n) is 7.45. The lowest BCUT2D eigenvalue weighted by molar-refractivity contribution is 0.0921. The predicted octanol–water partition coefficient (Wildman–Crippen LogP) is 1.70. The molecule has 0 aliphatic rings. The summed E-state index contributed by atoms with van der Waals surface area (Å²) >= 11 is 1.45. The van der Waals surface area contributed by atoms with Crippen molar-refractivity contribution in [3.63, 3.8) is 0 Å². The summed E-state index contributed by atoms with van der Waals surface area (Å²) in [6.45, 7) is 6.58. The Morgan fingerprint density at radius 2 is 1.88 bits per heavy atom. The second-order valence-electron chi connectivity index (χ2n) is 6.17. The number of pyridine rings is 1. The number of amides is 2. The number of rotatable bonds is 5. The maximum Gasteiger partial charge on any atom is 0.273 e. The Bertz CT molecular complexity index is 737. The van der Waals surface area contributed by atoms with Gasteiger partial charge < -0.3 is 15.7 Å². The Morgan fingerprint density at radius 3 is 2.46 bits per heavy atom. The normalized spacial score (nSPS) is 11.1. The van der Waals surface area contributed by atoms with E-state index in [9.17, 15) is 14.7 Å². The van der Waals surface area contributed by atoms with E-state index in [1.165, 1.54) is 29.7 Å². The van der Waals surface area contributed by atoms with Crippen LogP contribution in [0.1, 0.15) is 46.8 Å². The third-order valence-corrected chi connectivity index (χ3v) is 4.34. The minimum absolute atomic E-state index is 0.0434. The molecule has 0 aliphatic heterocycles. The Morgan fingerprint density at radius 1 is 1.21 bits per heavy atom. The van der Waals surface area contributed by atoms with Gasteiger partial charge in [0.25, 0.3) is 11.8 Å². The molecule has 2 aromatic heterocycles. The molecule has 7 nitrogen and oxygen atoms in total. The molecule has 0 atom stereocenters. The number of aromatic hydroxyl groups is 1. The maximum absolute atomic E-state index is 12.0. The highest BCUT2D eigenvalue weighted by Crippen LogP contribution is 2.25. The molecule has 2 rings (SSSR count). The lowest BCUT2D eigenvalue weighted by Gasteiger charge is -2.13. The van der Waals surface area contributed by atoms with Gasteiger partial charge in [0.1, 0.15) is 11.4 Å². The summed E-state index contributed by atoms with van der Waals surface area (Å²) in [6.07, 6.45) is 1.42. The molecule has 2 heterocycles. The van der Waals surface area contributed by atoms with E-state index >= 15 is 0 Å². The van der Waals surface area contributed by atoms with Gasteiger partial charge in [0.05, 0.1) is 5.01 Å². The number of nitrogens with one attached hydrogen (secondary N) is 2. The highest BCUT2D eigenvalue weighted by atomic mass is 32.1. The van der Waals surface area contributed by atoms with Crippen LogP contribution in [0.2, 0.25) is 0 Å². The number of aromatic nitrogens is 2. The van der Waals surface area contributed by atoms with Crippen LogP contribution < -0.4 is 10.6 Å². The molecule has 0 aromatic carbocycles. The van der Waals surface area contributed by atoms with Crippen LogP contribution >= 0.6 is 11.3 Å². The molecule has 2 aromatic rings. The van der Waals surface area contributed by atoms with Crippen LogP contribution in [0.4, 0.5) is 0 Å². The van der Waals surface area contributed by atoms with Crippen LogP contribution in [0.15, 0.2) is 23.7 Å². The zero-order valence-electron chi connectivity index (χ0n) is 13.8. The first kappa shape index (κ1) is 17.9. The Kier molecular flexibility index (Phi) is 5.50. The fourth-order valence-corrected chi connectivity index (χ4v) is 2.71. The molecule has 0 radical (unpaired) electrons. The minimum Gasteiger partial charge on any atom is -0.505 e. The van der Waals surface area contributed by atoms with Crippen LogP contribution in [0.5, 0.6) is 5.75 Å². The van der Waals surface area contributed by atoms with Crippen molar-refractivity contribution in [1.82, 2.24) is 20.6 Å². The molecule has 0 saturated heterocycles. The van der Waals surface area contributed by atoms with Crippen molar-refractivity contribution in [2.75, 3.05) is 13.1 Å². The van der Waals surface area contributed by atoms with Gasteiger partial charge in [-0.2, -0.15) is 0 Å². The summed E-state index contributed by atoms with van der Waals surface area (Å²) in [6, 6.07) is 2.92. The summed E-state index contributed by atoms with van der Waals surface area (Å²) in [5.74, 6) is -0.959. The van der Waals surface area contributed by atoms with E-state index in [1.807, 2.05) is 20.8 Å². The summed E-state index contributed by atoms with van der Waals surface area (Å²) in [5.41, 5.74) is 0.235. The Labute approximate surface area is 144 Å². The van der Waals surface area contributed by atoms with Gasteiger partial charge in [0, 0.05) is 30.1 Å². The van der Waals surface area contributed by atoms with Crippen LogP contribution in [0, 0.1) is 0 Å². The molecule has 24 heavy (non-hydrogen) atoms. The van der Waals surface area contributed by atoms with Crippen molar-refractivity contribution >= 4 is 23.2 Å². The zero-order valence-corrected chi connectivity index (χ0v) is 14.6. The van der Waals surface area contributed by atoms with Gasteiger partial charge >= 0.3 is 0 Å². The van der Waals surface area contributed by atoms with Crippen molar-refractivity contribution in [2.45, 2.75) is 26.2 Å². The average Bonchev–Trinajstić information content (AvgIpc) is 3.02. The molecule has 128 valence electrons. The van der Waals surface area contributed by atoms with E-state index in [2.05, 4.69) is 20.6 Å². The topological polar surface area (TPSA) is 104 Å². The molecule has 0 saturated carbocycles. The van der Waals surface area contributed by atoms with Gasteiger partial charge in [-0.05, 0) is 12.1 Å². The van der Waals surface area contributed by atoms with Gasteiger partial charge in [0.2, 0.25) is 0 Å².